The third-order valence-corrected chi connectivity index (χ3v) is 7.99. The summed E-state index contributed by atoms with van der Waals surface area (Å²) in [5, 5.41) is 8.61. The number of thiazole rings is 1. The molecule has 0 saturated carbocycles. The van der Waals surface area contributed by atoms with Gasteiger partial charge in [0, 0.05) is 30.7 Å². The Hall–Kier alpha value is -2.90. The van der Waals surface area contributed by atoms with Crippen molar-refractivity contribution in [3.05, 3.63) is 40.5 Å². The normalized spacial score (nSPS) is 15.2. The van der Waals surface area contributed by atoms with Crippen molar-refractivity contribution < 1.29 is 23.4 Å². The largest absolute Gasteiger partial charge is 0.496 e. The molecule has 6 rings (SSSR count). The molecule has 0 bridgehead atoms. The van der Waals surface area contributed by atoms with Gasteiger partial charge in [0.1, 0.15) is 34.4 Å². The fraction of sp³-hybridized carbons (Fsp3) is 0.348. The van der Waals surface area contributed by atoms with Crippen LogP contribution in [0.15, 0.2) is 34.2 Å². The zero-order valence-corrected chi connectivity index (χ0v) is 22.0. The number of rotatable bonds is 7. The SMILES string of the molecule is COc1cc(OCc2csc(C3(N)CCOCC3)n2)c2cc(-c3cn4nc(OC)sc4n3)oc2c1.Cl. The number of furan rings is 1. The third kappa shape index (κ3) is 4.50. The molecule has 0 amide bonds. The molecular weight excluding hydrogens is 526 g/mol. The van der Waals surface area contributed by atoms with Crippen molar-refractivity contribution >= 4 is 51.0 Å². The molecule has 0 atom stereocenters. The first kappa shape index (κ1) is 24.8. The molecule has 190 valence electrons. The Bertz CT molecular complexity index is 1470. The molecule has 1 saturated heterocycles. The van der Waals surface area contributed by atoms with Gasteiger partial charge in [0.05, 0.1) is 37.0 Å². The predicted molar refractivity (Wildman–Crippen MR) is 139 cm³/mol. The number of methoxy groups -OCH3 is 2. The van der Waals surface area contributed by atoms with Gasteiger partial charge in [0.15, 0.2) is 5.76 Å². The summed E-state index contributed by atoms with van der Waals surface area (Å²) in [6.45, 7) is 1.62. The van der Waals surface area contributed by atoms with E-state index in [4.69, 9.17) is 34.1 Å². The van der Waals surface area contributed by atoms with Gasteiger partial charge < -0.3 is 29.1 Å². The Labute approximate surface area is 220 Å². The van der Waals surface area contributed by atoms with Crippen molar-refractivity contribution in [2.75, 3.05) is 27.4 Å². The minimum Gasteiger partial charge on any atom is -0.496 e. The van der Waals surface area contributed by atoms with Crippen molar-refractivity contribution in [1.82, 2.24) is 19.6 Å². The van der Waals surface area contributed by atoms with Crippen molar-refractivity contribution in [3.8, 4) is 28.1 Å². The van der Waals surface area contributed by atoms with Gasteiger partial charge in [-0.15, -0.1) is 28.8 Å². The Balaban J connectivity index is 0.00000267. The van der Waals surface area contributed by atoms with E-state index in [0.717, 1.165) is 28.9 Å². The Morgan fingerprint density at radius 3 is 2.72 bits per heavy atom. The lowest BCUT2D eigenvalue weighted by molar-refractivity contribution is 0.0521. The highest BCUT2D eigenvalue weighted by Gasteiger charge is 2.33. The highest BCUT2D eigenvalue weighted by atomic mass is 35.5. The first-order valence-electron chi connectivity index (χ1n) is 11.0. The van der Waals surface area contributed by atoms with E-state index in [0.29, 0.717) is 58.5 Å². The van der Waals surface area contributed by atoms with E-state index in [1.807, 2.05) is 23.6 Å². The molecule has 0 radical (unpaired) electrons. The maximum atomic E-state index is 6.59. The van der Waals surface area contributed by atoms with Crippen LogP contribution in [0.2, 0.25) is 0 Å². The van der Waals surface area contributed by atoms with E-state index in [-0.39, 0.29) is 12.4 Å². The number of aromatic nitrogens is 4. The lowest BCUT2D eigenvalue weighted by Gasteiger charge is -2.31. The van der Waals surface area contributed by atoms with E-state index < -0.39 is 5.54 Å². The molecule has 0 aliphatic carbocycles. The van der Waals surface area contributed by atoms with E-state index in [2.05, 4.69) is 10.1 Å². The molecule has 36 heavy (non-hydrogen) atoms. The standard InChI is InChI=1S/C23H23N5O5S2.ClH/c1-29-14-7-17(32-11-13-12-34-20(25-13)23(24)3-5-31-6-4-23)15-9-19(33-18(15)8-14)16-10-28-21(26-16)35-22(27-28)30-2;/h7-10,12H,3-6,11,24H2,1-2H3;1H. The van der Waals surface area contributed by atoms with Gasteiger partial charge in [-0.1, -0.05) is 0 Å². The summed E-state index contributed by atoms with van der Waals surface area (Å²) in [4.78, 5) is 10.1. The summed E-state index contributed by atoms with van der Waals surface area (Å²) in [6, 6.07) is 5.59. The fourth-order valence-electron chi connectivity index (χ4n) is 4.03. The van der Waals surface area contributed by atoms with Crippen LogP contribution in [0, 0.1) is 0 Å². The van der Waals surface area contributed by atoms with Gasteiger partial charge in [0.25, 0.3) is 5.19 Å². The van der Waals surface area contributed by atoms with E-state index >= 15 is 0 Å². The second kappa shape index (κ2) is 9.87. The summed E-state index contributed by atoms with van der Waals surface area (Å²) in [7, 11) is 3.19. The van der Waals surface area contributed by atoms with Crippen LogP contribution in [0.1, 0.15) is 23.5 Å². The molecule has 1 aliphatic heterocycles. The van der Waals surface area contributed by atoms with Crippen molar-refractivity contribution in [2.45, 2.75) is 25.0 Å². The van der Waals surface area contributed by atoms with Gasteiger partial charge in [0.2, 0.25) is 4.96 Å². The first-order valence-corrected chi connectivity index (χ1v) is 12.7. The van der Waals surface area contributed by atoms with Crippen molar-refractivity contribution in [1.29, 1.82) is 0 Å². The van der Waals surface area contributed by atoms with Crippen LogP contribution in [-0.4, -0.2) is 47.0 Å². The maximum absolute atomic E-state index is 6.59. The lowest BCUT2D eigenvalue weighted by atomic mass is 9.92. The summed E-state index contributed by atoms with van der Waals surface area (Å²) in [6.07, 6.45) is 3.34. The second-order valence-electron chi connectivity index (χ2n) is 8.27. The topological polar surface area (TPSA) is 119 Å². The van der Waals surface area contributed by atoms with Gasteiger partial charge in [-0.2, -0.15) is 0 Å². The zero-order chi connectivity index (χ0) is 24.0. The smallest absolute Gasteiger partial charge is 0.294 e. The van der Waals surface area contributed by atoms with E-state index in [1.54, 1.807) is 36.3 Å². The Morgan fingerprint density at radius 2 is 1.97 bits per heavy atom. The minimum atomic E-state index is -0.430. The number of nitrogens with zero attached hydrogens (tertiary/aromatic N) is 4. The fourth-order valence-corrected chi connectivity index (χ4v) is 5.71. The molecule has 5 aromatic rings. The molecule has 0 spiro atoms. The lowest BCUT2D eigenvalue weighted by Crippen LogP contribution is -2.42. The first-order chi connectivity index (χ1) is 17.0. The number of nitrogens with two attached hydrogens (primary N) is 1. The predicted octanol–water partition coefficient (Wildman–Crippen LogP) is 4.64. The summed E-state index contributed by atoms with van der Waals surface area (Å²) < 4.78 is 30.1. The number of hydrogen-bond donors (Lipinski definition) is 1. The third-order valence-electron chi connectivity index (χ3n) is 6.00. The molecular formula is C23H24ClN5O5S2. The monoisotopic (exact) mass is 549 g/mol. The average molecular weight is 550 g/mol. The van der Waals surface area contributed by atoms with Crippen LogP contribution >= 0.6 is 35.1 Å². The summed E-state index contributed by atoms with van der Waals surface area (Å²) in [5.41, 5.74) is 8.29. The van der Waals surface area contributed by atoms with Crippen LogP contribution < -0.4 is 19.9 Å². The van der Waals surface area contributed by atoms with Crippen molar-refractivity contribution in [3.63, 3.8) is 0 Å². The maximum Gasteiger partial charge on any atom is 0.294 e. The Morgan fingerprint density at radius 1 is 1.14 bits per heavy atom. The number of fused-ring (bicyclic) bond motifs is 2. The zero-order valence-electron chi connectivity index (χ0n) is 19.6. The number of benzene rings is 1. The quantitative estimate of drug-likeness (QED) is 0.309. The van der Waals surface area contributed by atoms with Crippen LogP contribution in [0.3, 0.4) is 0 Å². The van der Waals surface area contributed by atoms with Gasteiger partial charge in [-0.05, 0) is 30.2 Å². The second-order valence-corrected chi connectivity index (χ2v) is 10.1. The van der Waals surface area contributed by atoms with Crippen LogP contribution in [0.4, 0.5) is 0 Å². The van der Waals surface area contributed by atoms with Gasteiger partial charge in [-0.3, -0.25) is 0 Å². The molecule has 4 aromatic heterocycles. The van der Waals surface area contributed by atoms with E-state index in [1.165, 1.54) is 11.3 Å². The molecule has 1 fully saturated rings. The molecule has 1 aromatic carbocycles. The number of ether oxygens (including phenoxy) is 4. The summed E-state index contributed by atoms with van der Waals surface area (Å²) in [5.74, 6) is 1.88. The molecule has 13 heteroatoms. The molecule has 10 nitrogen and oxygen atoms in total. The van der Waals surface area contributed by atoms with Gasteiger partial charge >= 0.3 is 0 Å². The highest BCUT2D eigenvalue weighted by molar-refractivity contribution is 7.18. The Kier molecular flexibility index (Phi) is 6.79. The van der Waals surface area contributed by atoms with Gasteiger partial charge in [-0.25, -0.2) is 14.5 Å². The molecule has 1 aliphatic rings. The number of imidazole rings is 1. The number of hydrogen-bond acceptors (Lipinski definition) is 11. The highest BCUT2D eigenvalue weighted by Crippen LogP contribution is 2.38. The van der Waals surface area contributed by atoms with E-state index in [9.17, 15) is 0 Å². The van der Waals surface area contributed by atoms with Crippen LogP contribution in [-0.2, 0) is 16.9 Å². The molecule has 2 N–H and O–H groups in total. The molecule has 0 unspecified atom stereocenters. The van der Waals surface area contributed by atoms with Crippen molar-refractivity contribution in [2.24, 2.45) is 5.73 Å². The minimum absolute atomic E-state index is 0. The number of halogens is 1. The summed E-state index contributed by atoms with van der Waals surface area (Å²) >= 11 is 2.93. The average Bonchev–Trinajstić information content (AvgIpc) is 3.65. The van der Waals surface area contributed by atoms with Crippen LogP contribution in [0.5, 0.6) is 16.7 Å². The van der Waals surface area contributed by atoms with Crippen LogP contribution in [0.25, 0.3) is 27.4 Å². The molecule has 5 heterocycles.